The van der Waals surface area contributed by atoms with Gasteiger partial charge in [-0.05, 0) is 61.1 Å². The lowest BCUT2D eigenvalue weighted by Crippen LogP contribution is -2.13. The Labute approximate surface area is 156 Å². The highest BCUT2D eigenvalue weighted by Gasteiger charge is 2.23. The zero-order chi connectivity index (χ0) is 19.0. The fourth-order valence-electron chi connectivity index (χ4n) is 3.11. The molecule has 3 aromatic rings. The van der Waals surface area contributed by atoms with E-state index in [0.717, 1.165) is 0 Å². The van der Waals surface area contributed by atoms with Crippen LogP contribution in [-0.2, 0) is 0 Å². The topological polar surface area (TPSA) is 80.9 Å². The summed E-state index contributed by atoms with van der Waals surface area (Å²) in [4.78, 5) is 20.6. The number of amides is 1. The van der Waals surface area contributed by atoms with Gasteiger partial charge in [0.2, 0.25) is 0 Å². The van der Waals surface area contributed by atoms with Crippen molar-refractivity contribution in [2.75, 3.05) is 11.1 Å². The highest BCUT2D eigenvalue weighted by molar-refractivity contribution is 6.05. The molecule has 0 aliphatic heterocycles. The minimum Gasteiger partial charge on any atom is -0.384 e. The average Bonchev–Trinajstić information content (AvgIpc) is 3.50. The summed E-state index contributed by atoms with van der Waals surface area (Å²) in [7, 11) is 0. The van der Waals surface area contributed by atoms with Crippen LogP contribution in [0, 0.1) is 12.7 Å². The number of carbonyl (C=O) groups excluding carboxylic acids is 1. The maximum Gasteiger partial charge on any atom is 0.255 e. The quantitative estimate of drug-likeness (QED) is 0.725. The van der Waals surface area contributed by atoms with Crippen molar-refractivity contribution < 1.29 is 9.18 Å². The van der Waals surface area contributed by atoms with E-state index in [-0.39, 0.29) is 5.91 Å². The fraction of sp³-hybridized carbons (Fsp3) is 0.190. The minimum atomic E-state index is -0.466. The van der Waals surface area contributed by atoms with Gasteiger partial charge in [-0.1, -0.05) is 12.1 Å². The molecule has 1 heterocycles. The van der Waals surface area contributed by atoms with Gasteiger partial charge in [-0.15, -0.1) is 0 Å². The number of aromatic nitrogens is 2. The maximum absolute atomic E-state index is 14.2. The molecule has 136 valence electrons. The Morgan fingerprint density at radius 1 is 1.15 bits per heavy atom. The summed E-state index contributed by atoms with van der Waals surface area (Å²) < 4.78 is 14.2. The van der Waals surface area contributed by atoms with Crippen LogP contribution in [0.2, 0.25) is 0 Å². The summed E-state index contributed by atoms with van der Waals surface area (Å²) in [6.07, 6.45) is 3.75. The Morgan fingerprint density at radius 2 is 1.89 bits per heavy atom. The molecule has 0 saturated heterocycles. The van der Waals surface area contributed by atoms with Gasteiger partial charge in [0.25, 0.3) is 5.91 Å². The molecule has 0 unspecified atom stereocenters. The van der Waals surface area contributed by atoms with E-state index in [0.29, 0.717) is 39.8 Å². The van der Waals surface area contributed by atoms with E-state index in [1.165, 1.54) is 36.9 Å². The van der Waals surface area contributed by atoms with Crippen LogP contribution < -0.4 is 11.1 Å². The Bertz CT molecular complexity index is 1010. The Hall–Kier alpha value is -3.28. The highest BCUT2D eigenvalue weighted by atomic mass is 19.1. The molecule has 1 fully saturated rings. The van der Waals surface area contributed by atoms with Crippen molar-refractivity contribution in [3.63, 3.8) is 0 Å². The lowest BCUT2D eigenvalue weighted by Gasteiger charge is -2.13. The SMILES string of the molecule is Cc1c(NC(=O)c2ccc(C3CC3)cc2)cc(F)cc1-c1cc(N)ncn1. The molecule has 1 aliphatic carbocycles. The van der Waals surface area contributed by atoms with Crippen molar-refractivity contribution in [2.24, 2.45) is 0 Å². The summed E-state index contributed by atoms with van der Waals surface area (Å²) in [6.45, 7) is 1.80. The third kappa shape index (κ3) is 3.65. The largest absolute Gasteiger partial charge is 0.384 e. The minimum absolute atomic E-state index is 0.279. The van der Waals surface area contributed by atoms with Crippen molar-refractivity contribution in [2.45, 2.75) is 25.7 Å². The van der Waals surface area contributed by atoms with E-state index < -0.39 is 5.82 Å². The Kier molecular flexibility index (Phi) is 4.32. The predicted molar refractivity (Wildman–Crippen MR) is 103 cm³/mol. The number of nitrogens with one attached hydrogen (secondary N) is 1. The number of rotatable bonds is 4. The molecule has 1 amide bonds. The fourth-order valence-corrected chi connectivity index (χ4v) is 3.11. The Balaban J connectivity index is 1.62. The molecule has 0 radical (unpaired) electrons. The zero-order valence-corrected chi connectivity index (χ0v) is 14.9. The molecule has 5 nitrogen and oxygen atoms in total. The first-order valence-corrected chi connectivity index (χ1v) is 8.80. The van der Waals surface area contributed by atoms with Crippen LogP contribution >= 0.6 is 0 Å². The molecule has 0 atom stereocenters. The molecule has 1 saturated carbocycles. The maximum atomic E-state index is 14.2. The molecule has 0 bridgehead atoms. The van der Waals surface area contributed by atoms with E-state index in [1.807, 2.05) is 24.3 Å². The van der Waals surface area contributed by atoms with Gasteiger partial charge in [0, 0.05) is 22.9 Å². The van der Waals surface area contributed by atoms with E-state index in [2.05, 4.69) is 15.3 Å². The van der Waals surface area contributed by atoms with E-state index in [9.17, 15) is 9.18 Å². The summed E-state index contributed by atoms with van der Waals surface area (Å²) >= 11 is 0. The number of carbonyl (C=O) groups is 1. The van der Waals surface area contributed by atoms with E-state index in [1.54, 1.807) is 13.0 Å². The van der Waals surface area contributed by atoms with Crippen LogP contribution in [0.5, 0.6) is 0 Å². The highest BCUT2D eigenvalue weighted by Crippen LogP contribution is 2.40. The van der Waals surface area contributed by atoms with Gasteiger partial charge in [0.1, 0.15) is 18.0 Å². The van der Waals surface area contributed by atoms with Gasteiger partial charge >= 0.3 is 0 Å². The monoisotopic (exact) mass is 362 g/mol. The number of hydrogen-bond donors (Lipinski definition) is 2. The third-order valence-corrected chi connectivity index (χ3v) is 4.81. The van der Waals surface area contributed by atoms with Gasteiger partial charge in [-0.2, -0.15) is 0 Å². The number of benzene rings is 2. The number of hydrogen-bond acceptors (Lipinski definition) is 4. The molecule has 27 heavy (non-hydrogen) atoms. The molecule has 6 heteroatoms. The van der Waals surface area contributed by atoms with Crippen molar-refractivity contribution in [3.8, 4) is 11.3 Å². The lowest BCUT2D eigenvalue weighted by molar-refractivity contribution is 0.102. The van der Waals surface area contributed by atoms with Gasteiger partial charge in [0.05, 0.1) is 5.69 Å². The summed E-state index contributed by atoms with van der Waals surface area (Å²) in [5.41, 5.74) is 9.67. The van der Waals surface area contributed by atoms with Crippen molar-refractivity contribution >= 4 is 17.4 Å². The van der Waals surface area contributed by atoms with Crippen LogP contribution in [0.3, 0.4) is 0 Å². The van der Waals surface area contributed by atoms with Crippen molar-refractivity contribution in [1.29, 1.82) is 0 Å². The smallest absolute Gasteiger partial charge is 0.255 e. The second-order valence-electron chi connectivity index (χ2n) is 6.80. The molecule has 3 N–H and O–H groups in total. The summed E-state index contributed by atoms with van der Waals surface area (Å²) in [6, 6.07) is 11.8. The number of halogens is 1. The molecule has 1 aromatic heterocycles. The lowest BCUT2D eigenvalue weighted by atomic mass is 10.0. The summed E-state index contributed by atoms with van der Waals surface area (Å²) in [5, 5.41) is 2.80. The average molecular weight is 362 g/mol. The van der Waals surface area contributed by atoms with Crippen LogP contribution in [0.25, 0.3) is 11.3 Å². The molecule has 1 aliphatic rings. The van der Waals surface area contributed by atoms with Gasteiger partial charge in [0.15, 0.2) is 0 Å². The second-order valence-corrected chi connectivity index (χ2v) is 6.80. The molecule has 4 rings (SSSR count). The molecular weight excluding hydrogens is 343 g/mol. The van der Waals surface area contributed by atoms with Gasteiger partial charge < -0.3 is 11.1 Å². The second kappa shape index (κ2) is 6.79. The molecule has 2 aromatic carbocycles. The normalized spacial score (nSPS) is 13.4. The van der Waals surface area contributed by atoms with Gasteiger partial charge in [-0.3, -0.25) is 4.79 Å². The standard InChI is InChI=1S/C21H19FN4O/c1-12-17(19-10-20(23)25-11-24-19)8-16(22)9-18(12)26-21(27)15-6-4-14(5-7-15)13-2-3-13/h4-11,13H,2-3H2,1H3,(H,26,27)(H2,23,24,25). The van der Waals surface area contributed by atoms with Crippen LogP contribution in [0.15, 0.2) is 48.8 Å². The van der Waals surface area contributed by atoms with E-state index >= 15 is 0 Å². The van der Waals surface area contributed by atoms with Gasteiger partial charge in [-0.25, -0.2) is 14.4 Å². The number of anilines is 2. The first kappa shape index (κ1) is 17.1. The van der Waals surface area contributed by atoms with Crippen LogP contribution in [0.1, 0.15) is 40.2 Å². The predicted octanol–water partition coefficient (Wildman–Crippen LogP) is 4.30. The third-order valence-electron chi connectivity index (χ3n) is 4.81. The summed E-state index contributed by atoms with van der Waals surface area (Å²) in [5.74, 6) is 0.187. The number of nitrogen functional groups attached to an aromatic ring is 1. The van der Waals surface area contributed by atoms with Crippen molar-refractivity contribution in [3.05, 3.63) is 71.3 Å². The zero-order valence-electron chi connectivity index (χ0n) is 14.9. The number of nitrogens with two attached hydrogens (primary N) is 1. The molecular formula is C21H19FN4O. The van der Waals surface area contributed by atoms with Crippen LogP contribution in [-0.4, -0.2) is 15.9 Å². The molecule has 0 spiro atoms. The van der Waals surface area contributed by atoms with E-state index in [4.69, 9.17) is 5.73 Å². The first-order chi connectivity index (χ1) is 13.0. The Morgan fingerprint density at radius 3 is 2.56 bits per heavy atom. The number of nitrogens with zero attached hydrogens (tertiary/aromatic N) is 2. The van der Waals surface area contributed by atoms with Crippen LogP contribution in [0.4, 0.5) is 15.9 Å². The van der Waals surface area contributed by atoms with Crippen molar-refractivity contribution in [1.82, 2.24) is 9.97 Å². The first-order valence-electron chi connectivity index (χ1n) is 8.80.